The van der Waals surface area contributed by atoms with E-state index < -0.39 is 34.1 Å². The largest absolute Gasteiger partial charge is 0.340 e. The van der Waals surface area contributed by atoms with E-state index in [2.05, 4.69) is 20.0 Å². The molecule has 20 nitrogen and oxygen atoms in total. The molecule has 4 rings (SSSR count). The van der Waals surface area contributed by atoms with Gasteiger partial charge in [0.2, 0.25) is 24.3 Å². The number of rotatable bonds is 25. The average molecular weight is 853 g/mol. The number of benzene rings is 2. The summed E-state index contributed by atoms with van der Waals surface area (Å²) in [6, 6.07) is 8.97. The number of aryl methyl sites for hydroxylation is 2. The first-order valence-corrected chi connectivity index (χ1v) is 20.4. The van der Waals surface area contributed by atoms with Crippen LogP contribution in [0.1, 0.15) is 88.2 Å². The van der Waals surface area contributed by atoms with Crippen molar-refractivity contribution >= 4 is 35.7 Å². The van der Waals surface area contributed by atoms with E-state index in [1.54, 1.807) is 26.0 Å². The average Bonchev–Trinajstić information content (AvgIpc) is 3.25. The molecule has 62 heavy (non-hydrogen) atoms. The van der Waals surface area contributed by atoms with Crippen molar-refractivity contribution in [2.24, 2.45) is 20.0 Å². The number of isocyanates is 4. The van der Waals surface area contributed by atoms with Crippen molar-refractivity contribution in [1.29, 1.82) is 0 Å². The summed E-state index contributed by atoms with van der Waals surface area (Å²) in [4.78, 5) is 140. The Morgan fingerprint density at radius 3 is 1.00 bits per heavy atom. The summed E-state index contributed by atoms with van der Waals surface area (Å²) >= 11 is 0. The van der Waals surface area contributed by atoms with Crippen molar-refractivity contribution in [3.05, 3.63) is 110 Å². The van der Waals surface area contributed by atoms with Crippen molar-refractivity contribution in [2.75, 3.05) is 13.1 Å². The second kappa shape index (κ2) is 24.1. The minimum atomic E-state index is -0.880. The second-order valence-corrected chi connectivity index (χ2v) is 14.5. The van der Waals surface area contributed by atoms with Crippen LogP contribution in [0.25, 0.3) is 11.4 Å². The number of nitrogens with zero attached hydrogens (tertiary/aromatic N) is 10. The lowest BCUT2D eigenvalue weighted by Crippen LogP contribution is -2.54. The summed E-state index contributed by atoms with van der Waals surface area (Å²) in [7, 11) is 0. The topological polar surface area (TPSA) is 250 Å². The third kappa shape index (κ3) is 12.2. The van der Waals surface area contributed by atoms with Gasteiger partial charge in [0, 0.05) is 26.2 Å². The first-order valence-electron chi connectivity index (χ1n) is 20.4. The minimum Gasteiger partial charge on any atom is -0.247 e. The van der Waals surface area contributed by atoms with E-state index in [9.17, 15) is 47.9 Å². The highest BCUT2D eigenvalue weighted by atomic mass is 16.2. The first kappa shape index (κ1) is 47.5. The Kier molecular flexibility index (Phi) is 18.5. The van der Waals surface area contributed by atoms with E-state index in [1.807, 2.05) is 0 Å². The number of aliphatic imine (C=N–C) groups is 4. The van der Waals surface area contributed by atoms with Crippen molar-refractivity contribution in [2.45, 2.75) is 117 Å². The third-order valence-electron chi connectivity index (χ3n) is 10.3. The number of aromatic nitrogens is 6. The van der Waals surface area contributed by atoms with E-state index >= 15 is 0 Å². The number of carbonyl (C=O) groups excluding carboxylic acids is 4. The molecule has 0 aliphatic heterocycles. The maximum atomic E-state index is 13.8. The van der Waals surface area contributed by atoms with Gasteiger partial charge in [0.1, 0.15) is 0 Å². The van der Waals surface area contributed by atoms with Crippen LogP contribution in [-0.4, -0.2) is 64.8 Å². The summed E-state index contributed by atoms with van der Waals surface area (Å²) in [5.74, 6) is 0. The lowest BCUT2D eigenvalue weighted by atomic mass is 10.2. The highest BCUT2D eigenvalue weighted by molar-refractivity contribution is 5.58. The molecule has 2 aromatic heterocycles. The molecule has 0 aliphatic carbocycles. The lowest BCUT2D eigenvalue weighted by molar-refractivity contribution is 0.437. The van der Waals surface area contributed by atoms with Gasteiger partial charge < -0.3 is 0 Å². The maximum Gasteiger partial charge on any atom is 0.340 e. The molecule has 0 saturated heterocycles. The van der Waals surface area contributed by atoms with Crippen LogP contribution in [0.5, 0.6) is 0 Å². The van der Waals surface area contributed by atoms with Gasteiger partial charge in [-0.3, -0.25) is 0 Å². The molecule has 0 bridgehead atoms. The van der Waals surface area contributed by atoms with Crippen LogP contribution in [0.15, 0.2) is 85.1 Å². The Morgan fingerprint density at radius 1 is 0.403 bits per heavy atom. The zero-order valence-electron chi connectivity index (χ0n) is 34.7. The molecule has 0 saturated carbocycles. The Balaban J connectivity index is 1.58. The van der Waals surface area contributed by atoms with Crippen molar-refractivity contribution in [3.8, 4) is 11.4 Å². The van der Waals surface area contributed by atoms with Gasteiger partial charge in [-0.1, -0.05) is 50.7 Å². The molecule has 0 spiro atoms. The van der Waals surface area contributed by atoms with Crippen molar-refractivity contribution in [3.63, 3.8) is 0 Å². The van der Waals surface area contributed by atoms with Gasteiger partial charge in [-0.2, -0.15) is 9.98 Å². The summed E-state index contributed by atoms with van der Waals surface area (Å²) in [5.41, 5.74) is -3.25. The van der Waals surface area contributed by atoms with Gasteiger partial charge in [-0.15, -0.1) is 0 Å². The predicted molar refractivity (Wildman–Crippen MR) is 228 cm³/mol. The molecular weight excluding hydrogens is 805 g/mol. The van der Waals surface area contributed by atoms with Crippen LogP contribution in [0.3, 0.4) is 0 Å². The molecule has 2 heterocycles. The molecule has 0 atom stereocenters. The standard InChI is InChI=1S/C42H48N10O10/c1-31-15-17-33(25-35(31)45-29-55)51-39(59)47(21-11-5-3-9-19-43-27-53)37(57)49(41(51)61)23-13-7-8-14-24-50-38(58)48(22-12-6-4-10-20-44-28-54)40(60)52(42(50)62)34-18-16-32(2)36(26-34)46-30-56/h15-18,25-26H,3-14,19-24H2,1-2H3. The smallest absolute Gasteiger partial charge is 0.247 e. The maximum absolute atomic E-state index is 13.8. The van der Waals surface area contributed by atoms with E-state index in [-0.39, 0.29) is 48.9 Å². The Bertz CT molecular complexity index is 2610. The van der Waals surface area contributed by atoms with E-state index in [4.69, 9.17) is 0 Å². The van der Waals surface area contributed by atoms with Crippen LogP contribution in [-0.2, 0) is 45.4 Å². The Morgan fingerprint density at radius 2 is 0.710 bits per heavy atom. The number of hydrogen-bond acceptors (Lipinski definition) is 14. The summed E-state index contributed by atoms with van der Waals surface area (Å²) in [5, 5.41) is 0. The summed E-state index contributed by atoms with van der Waals surface area (Å²) in [6.45, 7) is 3.91. The molecule has 0 radical (unpaired) electrons. The fourth-order valence-electron chi connectivity index (χ4n) is 6.90. The van der Waals surface area contributed by atoms with E-state index in [0.29, 0.717) is 101 Å². The molecule has 2 aromatic carbocycles. The number of hydrogen-bond donors (Lipinski definition) is 0. The summed E-state index contributed by atoms with van der Waals surface area (Å²) in [6.07, 6.45) is 12.1. The minimum absolute atomic E-state index is 0.0131. The second-order valence-electron chi connectivity index (χ2n) is 14.5. The molecule has 4 aromatic rings. The Hall–Kier alpha value is -7.22. The molecular formula is C42H48N10O10. The SMILES string of the molecule is Cc1ccc(-n2c(=O)n(CCCCCCN=C=O)c(=O)n(CCCCCCn3c(=O)n(CCCCCCN=C=O)c(=O)n(-c4ccc(C)c(N=C=O)c4)c3=O)c2=O)cc1N=C=O. The van der Waals surface area contributed by atoms with E-state index in [1.165, 1.54) is 48.6 Å². The van der Waals surface area contributed by atoms with Gasteiger partial charge >= 0.3 is 34.1 Å². The zero-order chi connectivity index (χ0) is 45.0. The molecule has 0 aliphatic rings. The number of unbranched alkanes of at least 4 members (excludes halogenated alkanes) is 9. The Labute approximate surface area is 353 Å². The van der Waals surface area contributed by atoms with Crippen LogP contribution in [0, 0.1) is 13.8 Å². The fourth-order valence-corrected chi connectivity index (χ4v) is 6.90. The van der Waals surface area contributed by atoms with Crippen LogP contribution >= 0.6 is 0 Å². The third-order valence-corrected chi connectivity index (χ3v) is 10.3. The van der Waals surface area contributed by atoms with Crippen LogP contribution < -0.4 is 34.1 Å². The zero-order valence-corrected chi connectivity index (χ0v) is 34.7. The van der Waals surface area contributed by atoms with Gasteiger partial charge in [0.15, 0.2) is 0 Å². The fraction of sp³-hybridized carbons (Fsp3) is 0.476. The monoisotopic (exact) mass is 852 g/mol. The van der Waals surface area contributed by atoms with Gasteiger partial charge in [0.05, 0.1) is 35.8 Å². The van der Waals surface area contributed by atoms with Crippen molar-refractivity contribution in [1.82, 2.24) is 27.4 Å². The van der Waals surface area contributed by atoms with Crippen LogP contribution in [0.2, 0.25) is 0 Å². The van der Waals surface area contributed by atoms with Gasteiger partial charge in [-0.25, -0.2) is 85.3 Å². The predicted octanol–water partition coefficient (Wildman–Crippen LogP) is 3.24. The van der Waals surface area contributed by atoms with Gasteiger partial charge in [0.25, 0.3) is 0 Å². The molecule has 20 heteroatoms. The normalized spacial score (nSPS) is 10.7. The van der Waals surface area contributed by atoms with Crippen LogP contribution in [0.4, 0.5) is 11.4 Å². The summed E-state index contributed by atoms with van der Waals surface area (Å²) < 4.78 is 5.65. The molecule has 0 N–H and O–H groups in total. The highest BCUT2D eigenvalue weighted by Crippen LogP contribution is 2.22. The highest BCUT2D eigenvalue weighted by Gasteiger charge is 2.19. The van der Waals surface area contributed by atoms with Crippen molar-refractivity contribution < 1.29 is 19.2 Å². The molecule has 326 valence electrons. The quantitative estimate of drug-likeness (QED) is 0.0535. The molecule has 0 amide bonds. The molecule has 0 fully saturated rings. The van der Waals surface area contributed by atoms with E-state index in [0.717, 1.165) is 27.4 Å². The molecule has 0 unspecified atom stereocenters. The first-order chi connectivity index (χ1) is 30.0. The lowest BCUT2D eigenvalue weighted by Gasteiger charge is -2.15. The van der Waals surface area contributed by atoms with Gasteiger partial charge in [-0.05, 0) is 87.8 Å².